The molecule has 1 aromatic heterocycles. The van der Waals surface area contributed by atoms with E-state index in [1.165, 1.54) is 36.6 Å². The fourth-order valence-electron chi connectivity index (χ4n) is 3.26. The highest BCUT2D eigenvalue weighted by atomic mass is 32.2. The van der Waals surface area contributed by atoms with Crippen LogP contribution in [0.2, 0.25) is 0 Å². The van der Waals surface area contributed by atoms with E-state index in [0.29, 0.717) is 11.8 Å². The van der Waals surface area contributed by atoms with Crippen molar-refractivity contribution in [2.45, 2.75) is 63.2 Å². The average Bonchev–Trinajstić information content (AvgIpc) is 3.00. The van der Waals surface area contributed by atoms with Crippen molar-refractivity contribution in [2.75, 3.05) is 5.75 Å². The normalized spacial score (nSPS) is 15.2. The first-order chi connectivity index (χ1) is 12.2. The van der Waals surface area contributed by atoms with Crippen LogP contribution < -0.4 is 5.32 Å². The summed E-state index contributed by atoms with van der Waals surface area (Å²) in [4.78, 5) is 12.2. The molecule has 1 aromatic carbocycles. The van der Waals surface area contributed by atoms with Gasteiger partial charge in [0.05, 0.1) is 5.75 Å². The number of aryl methyl sites for hydroxylation is 2. The number of hydrogen-bond donors (Lipinski definition) is 1. The summed E-state index contributed by atoms with van der Waals surface area (Å²) < 4.78 is 2.10. The summed E-state index contributed by atoms with van der Waals surface area (Å²) in [5.74, 6) is 1.40. The van der Waals surface area contributed by atoms with E-state index in [1.807, 2.05) is 13.0 Å². The van der Waals surface area contributed by atoms with Crippen LogP contribution in [0.25, 0.3) is 0 Å². The zero-order valence-electron chi connectivity index (χ0n) is 14.8. The molecular weight excluding hydrogens is 332 g/mol. The Morgan fingerprint density at radius 2 is 1.96 bits per heavy atom. The van der Waals surface area contributed by atoms with Gasteiger partial charge in [-0.05, 0) is 31.7 Å². The third kappa shape index (κ3) is 5.33. The molecule has 1 N–H and O–H groups in total. The van der Waals surface area contributed by atoms with E-state index < -0.39 is 0 Å². The van der Waals surface area contributed by atoms with Crippen molar-refractivity contribution in [2.24, 2.45) is 0 Å². The van der Waals surface area contributed by atoms with Gasteiger partial charge < -0.3 is 9.88 Å². The van der Waals surface area contributed by atoms with E-state index in [1.54, 1.807) is 0 Å². The van der Waals surface area contributed by atoms with Gasteiger partial charge in [0.15, 0.2) is 5.16 Å². The first kappa shape index (κ1) is 18.0. The number of nitrogens with zero attached hydrogens (tertiary/aromatic N) is 3. The molecule has 25 heavy (non-hydrogen) atoms. The molecule has 2 aromatic rings. The molecule has 6 heteroatoms. The maximum Gasteiger partial charge on any atom is 0.230 e. The number of carbonyl (C=O) groups is 1. The minimum absolute atomic E-state index is 0.104. The molecule has 0 saturated heterocycles. The van der Waals surface area contributed by atoms with E-state index in [-0.39, 0.29) is 5.91 Å². The molecule has 1 amide bonds. The predicted molar refractivity (Wildman–Crippen MR) is 101 cm³/mol. The summed E-state index contributed by atoms with van der Waals surface area (Å²) in [6.45, 7) is 2.79. The van der Waals surface area contributed by atoms with Crippen molar-refractivity contribution in [3.05, 3.63) is 41.7 Å². The Bertz CT molecular complexity index is 680. The number of hydrogen-bond acceptors (Lipinski definition) is 4. The standard InChI is InChI=1S/C19H26N4OS/c1-15-21-22-19(23(15)13-12-16-8-4-2-5-9-16)25-14-18(24)20-17-10-6-3-7-11-17/h2,4-5,8-9,17H,3,6-7,10-14H2,1H3,(H,20,24). The van der Waals surface area contributed by atoms with Crippen LogP contribution in [0.5, 0.6) is 0 Å². The molecule has 134 valence electrons. The zero-order valence-corrected chi connectivity index (χ0v) is 15.6. The lowest BCUT2D eigenvalue weighted by molar-refractivity contribution is -0.119. The summed E-state index contributed by atoms with van der Waals surface area (Å²) in [5, 5.41) is 12.4. The number of aromatic nitrogens is 3. The van der Waals surface area contributed by atoms with E-state index in [9.17, 15) is 4.79 Å². The molecule has 0 aliphatic heterocycles. The highest BCUT2D eigenvalue weighted by Crippen LogP contribution is 2.20. The van der Waals surface area contributed by atoms with Crippen molar-refractivity contribution in [1.29, 1.82) is 0 Å². The predicted octanol–water partition coefficient (Wildman–Crippen LogP) is 3.37. The van der Waals surface area contributed by atoms with Gasteiger partial charge in [0, 0.05) is 12.6 Å². The fourth-order valence-corrected chi connectivity index (χ4v) is 4.08. The molecule has 0 unspecified atom stereocenters. The van der Waals surface area contributed by atoms with Gasteiger partial charge in [0.2, 0.25) is 5.91 Å². The third-order valence-corrected chi connectivity index (χ3v) is 5.64. The number of thioether (sulfide) groups is 1. The zero-order chi connectivity index (χ0) is 17.5. The minimum atomic E-state index is 0.104. The van der Waals surface area contributed by atoms with Crippen LogP contribution in [0.1, 0.15) is 43.5 Å². The van der Waals surface area contributed by atoms with Gasteiger partial charge in [0.1, 0.15) is 5.82 Å². The van der Waals surface area contributed by atoms with E-state index in [0.717, 1.165) is 36.8 Å². The molecule has 1 fully saturated rings. The van der Waals surface area contributed by atoms with Crippen molar-refractivity contribution in [3.63, 3.8) is 0 Å². The topological polar surface area (TPSA) is 59.8 Å². The van der Waals surface area contributed by atoms with Gasteiger partial charge in [-0.3, -0.25) is 4.79 Å². The molecule has 0 spiro atoms. The summed E-state index contributed by atoms with van der Waals surface area (Å²) in [5.41, 5.74) is 1.29. The van der Waals surface area contributed by atoms with E-state index in [4.69, 9.17) is 0 Å². The fraction of sp³-hybridized carbons (Fsp3) is 0.526. The second-order valence-corrected chi connectivity index (χ2v) is 7.55. The Morgan fingerprint density at radius 3 is 2.72 bits per heavy atom. The van der Waals surface area contributed by atoms with Gasteiger partial charge in [-0.15, -0.1) is 10.2 Å². The van der Waals surface area contributed by atoms with E-state index in [2.05, 4.69) is 44.3 Å². The maximum atomic E-state index is 12.2. The van der Waals surface area contributed by atoms with Gasteiger partial charge in [-0.25, -0.2) is 0 Å². The van der Waals surface area contributed by atoms with Gasteiger partial charge in [-0.1, -0.05) is 61.4 Å². The Labute approximate surface area is 153 Å². The highest BCUT2D eigenvalue weighted by molar-refractivity contribution is 7.99. The first-order valence-electron chi connectivity index (χ1n) is 9.08. The monoisotopic (exact) mass is 358 g/mol. The second kappa shape index (κ2) is 9.04. The highest BCUT2D eigenvalue weighted by Gasteiger charge is 2.17. The lowest BCUT2D eigenvalue weighted by atomic mass is 9.95. The molecule has 1 aliphatic rings. The number of nitrogens with one attached hydrogen (secondary N) is 1. The second-order valence-electron chi connectivity index (χ2n) is 6.61. The molecule has 1 heterocycles. The van der Waals surface area contributed by atoms with Crippen LogP contribution in [0, 0.1) is 6.92 Å². The number of benzene rings is 1. The van der Waals surface area contributed by atoms with Crippen LogP contribution in [0.15, 0.2) is 35.5 Å². The Kier molecular flexibility index (Phi) is 6.50. The Balaban J connectivity index is 1.51. The lowest BCUT2D eigenvalue weighted by Gasteiger charge is -2.22. The largest absolute Gasteiger partial charge is 0.353 e. The minimum Gasteiger partial charge on any atom is -0.353 e. The SMILES string of the molecule is Cc1nnc(SCC(=O)NC2CCCCC2)n1CCc1ccccc1. The molecule has 0 radical (unpaired) electrons. The summed E-state index contributed by atoms with van der Waals surface area (Å²) in [6, 6.07) is 10.8. The van der Waals surface area contributed by atoms with Crippen molar-refractivity contribution in [1.82, 2.24) is 20.1 Å². The Morgan fingerprint density at radius 1 is 1.20 bits per heavy atom. The van der Waals surface area contributed by atoms with Gasteiger partial charge in [-0.2, -0.15) is 0 Å². The van der Waals surface area contributed by atoms with Crippen molar-refractivity contribution < 1.29 is 4.79 Å². The van der Waals surface area contributed by atoms with E-state index >= 15 is 0 Å². The molecule has 0 bridgehead atoms. The average molecular weight is 359 g/mol. The van der Waals surface area contributed by atoms with Crippen molar-refractivity contribution in [3.8, 4) is 0 Å². The van der Waals surface area contributed by atoms with Gasteiger partial charge >= 0.3 is 0 Å². The molecular formula is C19H26N4OS. The first-order valence-corrected chi connectivity index (χ1v) is 10.1. The summed E-state index contributed by atoms with van der Waals surface area (Å²) >= 11 is 1.48. The van der Waals surface area contributed by atoms with Crippen molar-refractivity contribution >= 4 is 17.7 Å². The third-order valence-electron chi connectivity index (χ3n) is 4.67. The smallest absolute Gasteiger partial charge is 0.230 e. The van der Waals surface area contributed by atoms with Crippen LogP contribution in [-0.4, -0.2) is 32.5 Å². The van der Waals surface area contributed by atoms with Crippen LogP contribution in [-0.2, 0) is 17.8 Å². The maximum absolute atomic E-state index is 12.2. The van der Waals surface area contributed by atoms with Crippen LogP contribution in [0.4, 0.5) is 0 Å². The Hall–Kier alpha value is -1.82. The molecule has 5 nitrogen and oxygen atoms in total. The number of amides is 1. The number of carbonyl (C=O) groups excluding carboxylic acids is 1. The van der Waals surface area contributed by atoms with Gasteiger partial charge in [0.25, 0.3) is 0 Å². The molecule has 1 aliphatic carbocycles. The number of rotatable bonds is 7. The lowest BCUT2D eigenvalue weighted by Crippen LogP contribution is -2.37. The molecule has 0 atom stereocenters. The van der Waals surface area contributed by atoms with Crippen LogP contribution in [0.3, 0.4) is 0 Å². The molecule has 3 rings (SSSR count). The summed E-state index contributed by atoms with van der Waals surface area (Å²) in [7, 11) is 0. The molecule has 1 saturated carbocycles. The summed E-state index contributed by atoms with van der Waals surface area (Å²) in [6.07, 6.45) is 6.91. The van der Waals surface area contributed by atoms with Crippen LogP contribution >= 0.6 is 11.8 Å². The quantitative estimate of drug-likeness (QED) is 0.771.